The molecule has 9 heteroatoms. The molecule has 27 heavy (non-hydrogen) atoms. The first-order valence-corrected chi connectivity index (χ1v) is 7.95. The Bertz CT molecular complexity index is 1000. The number of benzene rings is 1. The van der Waals surface area contributed by atoms with E-state index in [0.29, 0.717) is 22.6 Å². The largest absolute Gasteiger partial charge is 0.442 e. The average Bonchev–Trinajstić information content (AvgIpc) is 3.32. The van der Waals surface area contributed by atoms with Crippen LogP contribution in [0.3, 0.4) is 0 Å². The molecule has 3 heterocycles. The molecule has 1 aliphatic rings. The molecule has 0 aliphatic carbocycles. The number of nitrogens with zero attached hydrogens (tertiary/aromatic N) is 3. The zero-order chi connectivity index (χ0) is 19.0. The summed E-state index contributed by atoms with van der Waals surface area (Å²) in [5.74, 6) is -0.785. The Labute approximate surface area is 152 Å². The molecule has 4 rings (SSSR count). The number of pyridine rings is 1. The fourth-order valence-corrected chi connectivity index (χ4v) is 2.77. The predicted octanol–water partition coefficient (Wildman–Crippen LogP) is 2.35. The van der Waals surface area contributed by atoms with Gasteiger partial charge in [-0.05, 0) is 24.3 Å². The van der Waals surface area contributed by atoms with Gasteiger partial charge in [0.2, 0.25) is 0 Å². The van der Waals surface area contributed by atoms with E-state index < -0.39 is 23.9 Å². The van der Waals surface area contributed by atoms with Gasteiger partial charge in [0, 0.05) is 17.3 Å². The number of ether oxygens (including phenoxy) is 1. The van der Waals surface area contributed by atoms with Gasteiger partial charge in [-0.3, -0.25) is 14.7 Å². The lowest BCUT2D eigenvalue weighted by atomic mass is 10.1. The van der Waals surface area contributed by atoms with Crippen molar-refractivity contribution in [2.75, 3.05) is 11.4 Å². The minimum absolute atomic E-state index is 0.0552. The molecule has 1 aliphatic heterocycles. The zero-order valence-electron chi connectivity index (χ0n) is 13.8. The van der Waals surface area contributed by atoms with Crippen LogP contribution in [0.2, 0.25) is 0 Å². The maximum atomic E-state index is 14.6. The molecule has 8 nitrogen and oxygen atoms in total. The van der Waals surface area contributed by atoms with Crippen LogP contribution in [0, 0.1) is 5.82 Å². The molecule has 1 fully saturated rings. The lowest BCUT2D eigenvalue weighted by molar-refractivity contribution is -0.124. The third-order valence-electron chi connectivity index (χ3n) is 4.15. The van der Waals surface area contributed by atoms with Crippen LogP contribution in [-0.2, 0) is 9.53 Å². The Kier molecular flexibility index (Phi) is 4.03. The third-order valence-corrected chi connectivity index (χ3v) is 4.15. The molecule has 1 saturated heterocycles. The number of amides is 2. The average molecular weight is 368 g/mol. The number of hydrogen-bond donors (Lipinski definition) is 1. The maximum absolute atomic E-state index is 14.6. The molecule has 1 aromatic carbocycles. The van der Waals surface area contributed by atoms with Gasteiger partial charge in [0.25, 0.3) is 5.91 Å². The highest BCUT2D eigenvalue weighted by molar-refractivity contribution is 5.95. The minimum Gasteiger partial charge on any atom is -0.442 e. The van der Waals surface area contributed by atoms with Crippen LogP contribution in [0.4, 0.5) is 14.9 Å². The van der Waals surface area contributed by atoms with Crippen molar-refractivity contribution in [2.24, 2.45) is 5.73 Å². The first-order chi connectivity index (χ1) is 13.0. The Hall–Kier alpha value is -3.75. The van der Waals surface area contributed by atoms with Crippen LogP contribution < -0.4 is 10.6 Å². The standard InChI is InChI=1S/C18H13FN4O4/c19-13-5-11(23-8-16(17(20)24)27-18(23)25)2-3-12(13)10-1-4-14(22-6-10)15-7-21-9-26-15/h1-7,9,16H,8H2,(H2,20,24)/t16-/m1/s1. The smallest absolute Gasteiger partial charge is 0.415 e. The van der Waals surface area contributed by atoms with Crippen molar-refractivity contribution in [1.29, 1.82) is 0 Å². The summed E-state index contributed by atoms with van der Waals surface area (Å²) in [5.41, 5.74) is 6.86. The van der Waals surface area contributed by atoms with Crippen LogP contribution in [0.1, 0.15) is 0 Å². The highest BCUT2D eigenvalue weighted by Crippen LogP contribution is 2.29. The highest BCUT2D eigenvalue weighted by Gasteiger charge is 2.36. The SMILES string of the molecule is NC(=O)[C@H]1CN(c2ccc(-c3ccc(-c4cnco4)nc3)c(F)c2)C(=O)O1. The normalized spacial score (nSPS) is 16.4. The third kappa shape index (κ3) is 3.10. The number of cyclic esters (lactones) is 1. The molecule has 136 valence electrons. The zero-order valence-corrected chi connectivity index (χ0v) is 13.8. The summed E-state index contributed by atoms with van der Waals surface area (Å²) >= 11 is 0. The molecule has 2 amide bonds. The summed E-state index contributed by atoms with van der Waals surface area (Å²) in [4.78, 5) is 32.3. The second kappa shape index (κ2) is 6.52. The first-order valence-electron chi connectivity index (χ1n) is 7.95. The van der Waals surface area contributed by atoms with Crippen molar-refractivity contribution in [3.05, 3.63) is 54.9 Å². The van der Waals surface area contributed by atoms with E-state index in [0.717, 1.165) is 4.90 Å². The van der Waals surface area contributed by atoms with Gasteiger partial charge < -0.3 is 14.9 Å². The van der Waals surface area contributed by atoms with Crippen molar-refractivity contribution in [3.63, 3.8) is 0 Å². The van der Waals surface area contributed by atoms with E-state index in [1.54, 1.807) is 18.2 Å². The number of carbonyl (C=O) groups excluding carboxylic acids is 2. The van der Waals surface area contributed by atoms with Gasteiger partial charge in [-0.1, -0.05) is 6.07 Å². The van der Waals surface area contributed by atoms with Crippen LogP contribution in [0.25, 0.3) is 22.6 Å². The van der Waals surface area contributed by atoms with Crippen LogP contribution in [0.5, 0.6) is 0 Å². The second-order valence-electron chi connectivity index (χ2n) is 5.85. The first kappa shape index (κ1) is 16.7. The van der Waals surface area contributed by atoms with Gasteiger partial charge in [0.1, 0.15) is 11.5 Å². The number of primary amides is 1. The number of oxazole rings is 1. The van der Waals surface area contributed by atoms with Gasteiger partial charge in [-0.25, -0.2) is 14.2 Å². The molecule has 0 radical (unpaired) electrons. The maximum Gasteiger partial charge on any atom is 0.415 e. The Morgan fingerprint density at radius 2 is 2.11 bits per heavy atom. The van der Waals surface area contributed by atoms with Crippen LogP contribution >= 0.6 is 0 Å². The number of nitrogens with two attached hydrogens (primary N) is 1. The summed E-state index contributed by atoms with van der Waals surface area (Å²) in [6, 6.07) is 7.69. The van der Waals surface area contributed by atoms with E-state index in [1.807, 2.05) is 0 Å². The van der Waals surface area contributed by atoms with E-state index in [1.165, 1.54) is 30.9 Å². The van der Waals surface area contributed by atoms with Crippen molar-refractivity contribution >= 4 is 17.7 Å². The summed E-state index contributed by atoms with van der Waals surface area (Å²) in [5, 5.41) is 0. The summed E-state index contributed by atoms with van der Waals surface area (Å²) in [7, 11) is 0. The molecular weight excluding hydrogens is 355 g/mol. The quantitative estimate of drug-likeness (QED) is 0.757. The predicted molar refractivity (Wildman–Crippen MR) is 91.9 cm³/mol. The molecule has 0 bridgehead atoms. The van der Waals surface area contributed by atoms with Gasteiger partial charge >= 0.3 is 6.09 Å². The van der Waals surface area contributed by atoms with Crippen molar-refractivity contribution in [1.82, 2.24) is 9.97 Å². The number of aromatic nitrogens is 2. The van der Waals surface area contributed by atoms with Gasteiger partial charge in [-0.2, -0.15) is 0 Å². The topological polar surface area (TPSA) is 112 Å². The molecule has 2 aromatic heterocycles. The van der Waals surface area contributed by atoms with Crippen LogP contribution in [0.15, 0.2) is 53.5 Å². The van der Waals surface area contributed by atoms with Gasteiger partial charge in [0.15, 0.2) is 18.3 Å². The number of carbonyl (C=O) groups is 2. The molecule has 0 unspecified atom stereocenters. The molecular formula is C18H13FN4O4. The molecule has 2 N–H and O–H groups in total. The van der Waals surface area contributed by atoms with Gasteiger partial charge in [0.05, 0.1) is 18.4 Å². The second-order valence-corrected chi connectivity index (χ2v) is 5.85. The van der Waals surface area contributed by atoms with Gasteiger partial charge in [-0.15, -0.1) is 0 Å². The van der Waals surface area contributed by atoms with E-state index in [9.17, 15) is 14.0 Å². The summed E-state index contributed by atoms with van der Waals surface area (Å²) in [6.45, 7) is -0.0552. The Balaban J connectivity index is 1.59. The molecule has 0 spiro atoms. The fraction of sp³-hybridized carbons (Fsp3) is 0.111. The molecule has 0 saturated carbocycles. The number of halogens is 1. The fourth-order valence-electron chi connectivity index (χ4n) is 2.77. The summed E-state index contributed by atoms with van der Waals surface area (Å²) in [6.07, 6.45) is 2.56. The van der Waals surface area contributed by atoms with Crippen molar-refractivity contribution < 1.29 is 23.1 Å². The highest BCUT2D eigenvalue weighted by atomic mass is 19.1. The Morgan fingerprint density at radius 3 is 2.70 bits per heavy atom. The van der Waals surface area contributed by atoms with Crippen molar-refractivity contribution in [3.8, 4) is 22.6 Å². The molecule has 1 atom stereocenters. The van der Waals surface area contributed by atoms with Crippen LogP contribution in [-0.4, -0.2) is 34.6 Å². The monoisotopic (exact) mass is 368 g/mol. The number of hydrogen-bond acceptors (Lipinski definition) is 6. The summed E-state index contributed by atoms with van der Waals surface area (Å²) < 4.78 is 24.6. The minimum atomic E-state index is -1.05. The Morgan fingerprint density at radius 1 is 1.26 bits per heavy atom. The van der Waals surface area contributed by atoms with E-state index in [2.05, 4.69) is 9.97 Å². The van der Waals surface area contributed by atoms with E-state index >= 15 is 0 Å². The number of rotatable bonds is 4. The van der Waals surface area contributed by atoms with E-state index in [4.69, 9.17) is 14.9 Å². The lowest BCUT2D eigenvalue weighted by Crippen LogP contribution is -2.32. The number of anilines is 1. The lowest BCUT2D eigenvalue weighted by Gasteiger charge is -2.14. The van der Waals surface area contributed by atoms with Crippen molar-refractivity contribution in [2.45, 2.75) is 6.10 Å². The molecule has 3 aromatic rings. The van der Waals surface area contributed by atoms with E-state index in [-0.39, 0.29) is 12.2 Å².